The van der Waals surface area contributed by atoms with Crippen LogP contribution in [-0.2, 0) is 18.1 Å². The molecule has 4 rings (SSSR count). The Morgan fingerprint density at radius 1 is 1.03 bits per heavy atom. The lowest BCUT2D eigenvalue weighted by Crippen LogP contribution is -2.57. The van der Waals surface area contributed by atoms with Crippen LogP contribution in [0.25, 0.3) is 0 Å². The topological polar surface area (TPSA) is 80.0 Å². The van der Waals surface area contributed by atoms with E-state index in [0.29, 0.717) is 23.1 Å². The Balaban J connectivity index is 1.86. The van der Waals surface area contributed by atoms with Gasteiger partial charge < -0.3 is 16.4 Å². The van der Waals surface area contributed by atoms with Crippen molar-refractivity contribution in [3.05, 3.63) is 100 Å². The summed E-state index contributed by atoms with van der Waals surface area (Å²) >= 11 is 6.04. The van der Waals surface area contributed by atoms with Gasteiger partial charge in [0.1, 0.15) is 11.4 Å². The van der Waals surface area contributed by atoms with Crippen LogP contribution in [0.5, 0.6) is 0 Å². The highest BCUT2D eigenvalue weighted by atomic mass is 35.5. The molecule has 0 aliphatic heterocycles. The Morgan fingerprint density at radius 3 is 2.38 bits per heavy atom. The van der Waals surface area contributed by atoms with Crippen molar-refractivity contribution >= 4 is 17.6 Å². The third kappa shape index (κ3) is 6.40. The van der Waals surface area contributed by atoms with Crippen LogP contribution in [0.15, 0.2) is 66.9 Å². The fourth-order valence-corrected chi connectivity index (χ4v) is 4.90. The van der Waals surface area contributed by atoms with Crippen molar-refractivity contribution in [1.29, 1.82) is 0 Å². The quantitative estimate of drug-likeness (QED) is 0.342. The molecule has 1 heterocycles. The summed E-state index contributed by atoms with van der Waals surface area (Å²) in [5, 5.41) is 6.03. The minimum absolute atomic E-state index is 0.00658. The van der Waals surface area contributed by atoms with Gasteiger partial charge in [-0.3, -0.25) is 4.98 Å². The Hall–Kier alpha value is -3.17. The summed E-state index contributed by atoms with van der Waals surface area (Å²) in [4.78, 5) is 17.8. The average Bonchev–Trinajstić information content (AvgIpc) is 2.85. The number of pyridine rings is 1. The van der Waals surface area contributed by atoms with Gasteiger partial charge in [0.25, 0.3) is 0 Å². The number of carbonyl (C=O) groups excluding carboxylic acids is 1. The highest BCUT2D eigenvalue weighted by Gasteiger charge is 2.41. The van der Waals surface area contributed by atoms with Crippen LogP contribution in [0.3, 0.4) is 0 Å². The van der Waals surface area contributed by atoms with E-state index >= 15 is 0 Å². The Kier molecular flexibility index (Phi) is 8.04. The molecule has 1 saturated carbocycles. The van der Waals surface area contributed by atoms with Crippen molar-refractivity contribution in [2.75, 3.05) is 0 Å². The molecule has 2 aromatic carbocycles. The standard InChI is InChI=1S/C27H27ClF4N4O/c28-20-10-11-24(34-16-20)26(15-17-6-2-1-3-7-17,18-12-19(27(30,31)32)14-21(29)13-18)36-25(37)35-23-9-5-4-8-22(23)33/h1-3,6-7,10-14,16,22-23H,4-5,8-9,15,33H2,(H2,35,36,37)/t22-,23?,26-/m0/s1. The van der Waals surface area contributed by atoms with Gasteiger partial charge in [-0.1, -0.05) is 54.8 Å². The molecule has 1 aliphatic carbocycles. The summed E-state index contributed by atoms with van der Waals surface area (Å²) in [6.07, 6.45) is -0.206. The van der Waals surface area contributed by atoms with Crippen molar-refractivity contribution in [2.24, 2.45) is 5.73 Å². The summed E-state index contributed by atoms with van der Waals surface area (Å²) in [6.45, 7) is 0. The van der Waals surface area contributed by atoms with Crippen LogP contribution in [0.2, 0.25) is 5.02 Å². The molecule has 2 amide bonds. The molecule has 4 N–H and O–H groups in total. The smallest absolute Gasteiger partial charge is 0.334 e. The van der Waals surface area contributed by atoms with Crippen LogP contribution < -0.4 is 16.4 Å². The molecule has 37 heavy (non-hydrogen) atoms. The van der Waals surface area contributed by atoms with E-state index in [1.54, 1.807) is 30.3 Å². The Labute approximate surface area is 217 Å². The molecule has 1 aromatic heterocycles. The summed E-state index contributed by atoms with van der Waals surface area (Å²) < 4.78 is 55.8. The van der Waals surface area contributed by atoms with Crippen molar-refractivity contribution in [1.82, 2.24) is 15.6 Å². The van der Waals surface area contributed by atoms with Gasteiger partial charge in [-0.2, -0.15) is 13.2 Å². The number of urea groups is 1. The predicted molar refractivity (Wildman–Crippen MR) is 133 cm³/mol. The number of hydrogen-bond acceptors (Lipinski definition) is 3. The maximum atomic E-state index is 14.7. The van der Waals surface area contributed by atoms with Crippen molar-refractivity contribution in [2.45, 2.75) is 55.9 Å². The van der Waals surface area contributed by atoms with Gasteiger partial charge in [-0.05, 0) is 54.3 Å². The zero-order chi connectivity index (χ0) is 26.6. The average molecular weight is 535 g/mol. The number of aromatic nitrogens is 1. The number of halogens is 5. The molecule has 5 nitrogen and oxygen atoms in total. The third-order valence-corrected chi connectivity index (χ3v) is 6.88. The lowest BCUT2D eigenvalue weighted by molar-refractivity contribution is -0.137. The summed E-state index contributed by atoms with van der Waals surface area (Å²) in [6, 6.07) is 12.9. The summed E-state index contributed by atoms with van der Waals surface area (Å²) in [5.74, 6) is -1.09. The molecule has 1 aliphatic rings. The lowest BCUT2D eigenvalue weighted by atomic mass is 9.79. The van der Waals surface area contributed by atoms with Gasteiger partial charge in [0, 0.05) is 24.7 Å². The molecule has 1 unspecified atom stereocenters. The summed E-state index contributed by atoms with van der Waals surface area (Å²) in [5.41, 5.74) is 4.13. The molecule has 0 spiro atoms. The first-order valence-electron chi connectivity index (χ1n) is 12.0. The van der Waals surface area contributed by atoms with Crippen LogP contribution in [0.1, 0.15) is 48.1 Å². The van der Waals surface area contributed by atoms with Gasteiger partial charge in [-0.25, -0.2) is 9.18 Å². The zero-order valence-corrected chi connectivity index (χ0v) is 20.6. The molecule has 1 fully saturated rings. The van der Waals surface area contributed by atoms with E-state index in [9.17, 15) is 22.4 Å². The maximum absolute atomic E-state index is 14.7. The van der Waals surface area contributed by atoms with E-state index in [2.05, 4.69) is 15.6 Å². The van der Waals surface area contributed by atoms with Gasteiger partial charge in [0.05, 0.1) is 16.3 Å². The highest BCUT2D eigenvalue weighted by Crippen LogP contribution is 2.38. The monoisotopic (exact) mass is 534 g/mol. The minimum atomic E-state index is -4.81. The molecule has 10 heteroatoms. The van der Waals surface area contributed by atoms with E-state index in [1.807, 2.05) is 0 Å². The number of amides is 2. The molecular formula is C27H27ClF4N4O. The van der Waals surface area contributed by atoms with Crippen LogP contribution >= 0.6 is 11.6 Å². The van der Waals surface area contributed by atoms with E-state index in [-0.39, 0.29) is 29.8 Å². The number of carbonyl (C=O) groups is 1. The largest absolute Gasteiger partial charge is 0.416 e. The second kappa shape index (κ2) is 11.1. The first-order valence-corrected chi connectivity index (χ1v) is 12.3. The second-order valence-corrected chi connectivity index (χ2v) is 9.75. The number of nitrogens with zero attached hydrogens (tertiary/aromatic N) is 1. The fourth-order valence-electron chi connectivity index (χ4n) is 4.79. The van der Waals surface area contributed by atoms with Crippen LogP contribution in [0.4, 0.5) is 22.4 Å². The Bertz CT molecular complexity index is 1220. The minimum Gasteiger partial charge on any atom is -0.334 e. The lowest BCUT2D eigenvalue weighted by Gasteiger charge is -2.37. The van der Waals surface area contributed by atoms with E-state index < -0.39 is 29.1 Å². The third-order valence-electron chi connectivity index (χ3n) is 6.66. The molecule has 0 radical (unpaired) electrons. The number of hydrogen-bond donors (Lipinski definition) is 3. The fraction of sp³-hybridized carbons (Fsp3) is 0.333. The number of alkyl halides is 3. The number of nitrogens with two attached hydrogens (primary N) is 1. The van der Waals surface area contributed by atoms with Gasteiger partial charge in [0.2, 0.25) is 0 Å². The van der Waals surface area contributed by atoms with Gasteiger partial charge in [0.15, 0.2) is 0 Å². The first kappa shape index (κ1) is 26.9. The van der Waals surface area contributed by atoms with E-state index in [4.69, 9.17) is 17.3 Å². The zero-order valence-electron chi connectivity index (χ0n) is 19.9. The Morgan fingerprint density at radius 2 is 1.73 bits per heavy atom. The summed E-state index contributed by atoms with van der Waals surface area (Å²) in [7, 11) is 0. The predicted octanol–water partition coefficient (Wildman–Crippen LogP) is 5.95. The number of rotatable bonds is 6. The van der Waals surface area contributed by atoms with Gasteiger partial charge >= 0.3 is 12.2 Å². The molecule has 0 saturated heterocycles. The number of nitrogens with one attached hydrogen (secondary N) is 2. The van der Waals surface area contributed by atoms with E-state index in [1.165, 1.54) is 18.3 Å². The van der Waals surface area contributed by atoms with Crippen molar-refractivity contribution in [3.8, 4) is 0 Å². The highest BCUT2D eigenvalue weighted by molar-refractivity contribution is 6.30. The molecule has 196 valence electrons. The number of benzene rings is 2. The van der Waals surface area contributed by atoms with Crippen molar-refractivity contribution in [3.63, 3.8) is 0 Å². The molecule has 0 bridgehead atoms. The second-order valence-electron chi connectivity index (χ2n) is 9.31. The van der Waals surface area contributed by atoms with Crippen LogP contribution in [0, 0.1) is 5.82 Å². The maximum Gasteiger partial charge on any atom is 0.416 e. The van der Waals surface area contributed by atoms with Crippen LogP contribution in [-0.4, -0.2) is 23.1 Å². The molecule has 3 atom stereocenters. The molecular weight excluding hydrogens is 508 g/mol. The van der Waals surface area contributed by atoms with Crippen molar-refractivity contribution < 1.29 is 22.4 Å². The van der Waals surface area contributed by atoms with E-state index in [0.717, 1.165) is 31.4 Å². The normalized spacial score (nSPS) is 19.6. The first-order chi connectivity index (χ1) is 17.6. The SMILES string of the molecule is N[C@H]1CCCCC1NC(=O)N[C@@](Cc1ccccc1)(c1cc(F)cc(C(F)(F)F)c1)c1ccc(Cl)cn1. The van der Waals surface area contributed by atoms with Gasteiger partial charge in [-0.15, -0.1) is 0 Å². The molecule has 3 aromatic rings.